The van der Waals surface area contributed by atoms with E-state index in [1.807, 2.05) is 20.8 Å². The molecule has 24 heavy (non-hydrogen) atoms. The number of nitro groups is 1. The number of hydrogen-bond donors (Lipinski definition) is 1. The van der Waals surface area contributed by atoms with Crippen LogP contribution >= 0.6 is 0 Å². The molecule has 1 aliphatic heterocycles. The Morgan fingerprint density at radius 1 is 1.50 bits per heavy atom. The molecule has 1 saturated heterocycles. The lowest BCUT2D eigenvalue weighted by Crippen LogP contribution is -2.46. The second-order valence-corrected chi connectivity index (χ2v) is 6.52. The highest BCUT2D eigenvalue weighted by molar-refractivity contribution is 6.00. The van der Waals surface area contributed by atoms with Crippen molar-refractivity contribution in [2.75, 3.05) is 11.4 Å². The predicted molar refractivity (Wildman–Crippen MR) is 86.0 cm³/mol. The highest BCUT2D eigenvalue weighted by atomic mass is 19.1. The second kappa shape index (κ2) is 6.54. The molecule has 1 N–H and O–H groups in total. The van der Waals surface area contributed by atoms with Gasteiger partial charge in [0.25, 0.3) is 0 Å². The average molecular weight is 337 g/mol. The minimum absolute atomic E-state index is 0.0246. The maximum Gasteiger partial charge on any atom is 0.306 e. The van der Waals surface area contributed by atoms with E-state index in [0.717, 1.165) is 18.6 Å². The van der Waals surface area contributed by atoms with E-state index in [1.165, 1.54) is 11.0 Å². The van der Waals surface area contributed by atoms with E-state index < -0.39 is 22.3 Å². The summed E-state index contributed by atoms with van der Waals surface area (Å²) in [6.45, 7) is 5.85. The fourth-order valence-electron chi connectivity index (χ4n) is 2.47. The van der Waals surface area contributed by atoms with Gasteiger partial charge >= 0.3 is 5.69 Å². The second-order valence-electron chi connectivity index (χ2n) is 6.52. The van der Waals surface area contributed by atoms with Crippen LogP contribution in [0.1, 0.15) is 33.6 Å². The number of nitrogens with one attached hydrogen (secondary N) is 1. The predicted octanol–water partition coefficient (Wildman–Crippen LogP) is 2.39. The maximum absolute atomic E-state index is 13.4. The van der Waals surface area contributed by atoms with E-state index in [0.29, 0.717) is 0 Å². The molecular formula is C16H20FN3O4. The lowest BCUT2D eigenvalue weighted by molar-refractivity contribution is -0.387. The molecule has 8 heteroatoms. The van der Waals surface area contributed by atoms with Crippen LogP contribution in [-0.2, 0) is 9.59 Å². The van der Waals surface area contributed by atoms with Crippen molar-refractivity contribution in [2.45, 2.75) is 39.2 Å². The minimum Gasteiger partial charge on any atom is -0.351 e. The molecule has 1 aromatic carbocycles. The number of halogens is 1. The van der Waals surface area contributed by atoms with Gasteiger partial charge in [0.2, 0.25) is 17.6 Å². The van der Waals surface area contributed by atoms with Gasteiger partial charge in [-0.1, -0.05) is 6.92 Å². The molecule has 0 spiro atoms. The van der Waals surface area contributed by atoms with E-state index in [9.17, 15) is 24.1 Å². The quantitative estimate of drug-likeness (QED) is 0.659. The molecular weight excluding hydrogens is 317 g/mol. The molecule has 1 unspecified atom stereocenters. The van der Waals surface area contributed by atoms with Gasteiger partial charge in [-0.2, -0.15) is 4.39 Å². The Kier molecular flexibility index (Phi) is 4.86. The zero-order valence-corrected chi connectivity index (χ0v) is 13.8. The smallest absolute Gasteiger partial charge is 0.306 e. The van der Waals surface area contributed by atoms with Gasteiger partial charge in [0.05, 0.1) is 16.5 Å². The van der Waals surface area contributed by atoms with Gasteiger partial charge in [-0.3, -0.25) is 19.7 Å². The minimum atomic E-state index is -0.964. The van der Waals surface area contributed by atoms with Gasteiger partial charge in [0.15, 0.2) is 0 Å². The van der Waals surface area contributed by atoms with Crippen LogP contribution in [0, 0.1) is 21.8 Å². The summed E-state index contributed by atoms with van der Waals surface area (Å²) in [6, 6.07) is 3.27. The summed E-state index contributed by atoms with van der Waals surface area (Å²) in [6.07, 6.45) is 0.768. The summed E-state index contributed by atoms with van der Waals surface area (Å²) in [4.78, 5) is 35.8. The van der Waals surface area contributed by atoms with Gasteiger partial charge < -0.3 is 10.2 Å². The summed E-state index contributed by atoms with van der Waals surface area (Å²) in [5.41, 5.74) is -0.846. The molecule has 0 saturated carbocycles. The SMILES string of the molecule is CCC(C)(C)NC(=O)C1CC(=O)N(c2ccc(F)c([N+](=O)[O-])c2)C1. The monoisotopic (exact) mass is 337 g/mol. The van der Waals surface area contributed by atoms with Crippen LogP contribution < -0.4 is 10.2 Å². The Morgan fingerprint density at radius 2 is 2.17 bits per heavy atom. The standard InChI is InChI=1S/C16H20FN3O4/c1-4-16(2,3)18-15(22)10-7-14(21)19(9-10)11-5-6-12(17)13(8-11)20(23)24/h5-6,8,10H,4,7,9H2,1-3H3,(H,18,22). The molecule has 1 atom stereocenters. The van der Waals surface area contributed by atoms with Gasteiger partial charge in [-0.25, -0.2) is 0 Å². The van der Waals surface area contributed by atoms with Crippen molar-refractivity contribution in [3.8, 4) is 0 Å². The van der Waals surface area contributed by atoms with Crippen molar-refractivity contribution in [1.29, 1.82) is 0 Å². The number of nitro benzene ring substituents is 1. The highest BCUT2D eigenvalue weighted by Gasteiger charge is 2.37. The molecule has 0 radical (unpaired) electrons. The first-order valence-corrected chi connectivity index (χ1v) is 7.71. The third-order valence-electron chi connectivity index (χ3n) is 4.28. The maximum atomic E-state index is 13.4. The molecule has 2 amide bonds. The number of hydrogen-bond acceptors (Lipinski definition) is 4. The van der Waals surface area contributed by atoms with E-state index in [4.69, 9.17) is 0 Å². The molecule has 1 fully saturated rings. The Labute approximate surface area is 139 Å². The fourth-order valence-corrected chi connectivity index (χ4v) is 2.47. The van der Waals surface area contributed by atoms with Crippen LogP contribution in [0.4, 0.5) is 15.8 Å². The molecule has 7 nitrogen and oxygen atoms in total. The molecule has 2 rings (SSSR count). The fraction of sp³-hybridized carbons (Fsp3) is 0.500. The summed E-state index contributed by atoms with van der Waals surface area (Å²) in [5.74, 6) is -2.04. The van der Waals surface area contributed by atoms with Crippen LogP contribution in [0.5, 0.6) is 0 Å². The Balaban J connectivity index is 2.17. The zero-order valence-electron chi connectivity index (χ0n) is 13.8. The van der Waals surface area contributed by atoms with E-state index >= 15 is 0 Å². The van der Waals surface area contributed by atoms with Gasteiger partial charge in [0.1, 0.15) is 0 Å². The average Bonchev–Trinajstić information content (AvgIpc) is 2.89. The van der Waals surface area contributed by atoms with Gasteiger partial charge in [-0.05, 0) is 32.4 Å². The Bertz CT molecular complexity index is 690. The number of amides is 2. The van der Waals surface area contributed by atoms with Crippen molar-refractivity contribution in [1.82, 2.24) is 5.32 Å². The number of nitrogens with zero attached hydrogens (tertiary/aromatic N) is 2. The Morgan fingerprint density at radius 3 is 2.75 bits per heavy atom. The van der Waals surface area contributed by atoms with Crippen molar-refractivity contribution in [3.05, 3.63) is 34.1 Å². The molecule has 1 heterocycles. The van der Waals surface area contributed by atoms with Crippen LogP contribution in [0.2, 0.25) is 0 Å². The lowest BCUT2D eigenvalue weighted by atomic mass is 9.99. The molecule has 130 valence electrons. The molecule has 0 aliphatic carbocycles. The van der Waals surface area contributed by atoms with E-state index in [2.05, 4.69) is 5.32 Å². The van der Waals surface area contributed by atoms with Crippen LogP contribution in [-0.4, -0.2) is 28.8 Å². The first kappa shape index (κ1) is 17.8. The van der Waals surface area contributed by atoms with Crippen molar-refractivity contribution in [2.24, 2.45) is 5.92 Å². The van der Waals surface area contributed by atoms with Crippen molar-refractivity contribution >= 4 is 23.2 Å². The zero-order chi connectivity index (χ0) is 18.1. The number of anilines is 1. The third kappa shape index (κ3) is 3.69. The Hall–Kier alpha value is -2.51. The van der Waals surface area contributed by atoms with E-state index in [-0.39, 0.29) is 36.0 Å². The van der Waals surface area contributed by atoms with Gasteiger partial charge in [0, 0.05) is 24.6 Å². The number of rotatable bonds is 5. The van der Waals surface area contributed by atoms with E-state index in [1.54, 1.807) is 0 Å². The van der Waals surface area contributed by atoms with Crippen LogP contribution in [0.3, 0.4) is 0 Å². The van der Waals surface area contributed by atoms with Crippen molar-refractivity contribution in [3.63, 3.8) is 0 Å². The summed E-state index contributed by atoms with van der Waals surface area (Å²) in [5, 5.41) is 13.7. The molecule has 0 bridgehead atoms. The van der Waals surface area contributed by atoms with Crippen LogP contribution in [0.25, 0.3) is 0 Å². The highest BCUT2D eigenvalue weighted by Crippen LogP contribution is 2.30. The first-order valence-electron chi connectivity index (χ1n) is 7.71. The molecule has 1 aliphatic rings. The van der Waals surface area contributed by atoms with Crippen molar-refractivity contribution < 1.29 is 18.9 Å². The molecule has 0 aromatic heterocycles. The molecule has 1 aromatic rings. The summed E-state index contributed by atoms with van der Waals surface area (Å²) in [7, 11) is 0. The third-order valence-corrected chi connectivity index (χ3v) is 4.28. The number of carbonyl (C=O) groups is 2. The van der Waals surface area contributed by atoms with Gasteiger partial charge in [-0.15, -0.1) is 0 Å². The number of benzene rings is 1. The largest absolute Gasteiger partial charge is 0.351 e. The topological polar surface area (TPSA) is 92.6 Å². The van der Waals surface area contributed by atoms with Crippen LogP contribution in [0.15, 0.2) is 18.2 Å². The lowest BCUT2D eigenvalue weighted by Gasteiger charge is -2.26. The summed E-state index contributed by atoms with van der Waals surface area (Å²) < 4.78 is 13.4. The summed E-state index contributed by atoms with van der Waals surface area (Å²) >= 11 is 0. The first-order chi connectivity index (χ1) is 11.1. The number of carbonyl (C=O) groups excluding carboxylic acids is 2. The normalized spacial score (nSPS) is 17.9.